The molecule has 0 aliphatic rings. The van der Waals surface area contributed by atoms with Gasteiger partial charge in [-0.1, -0.05) is 62.4 Å². The van der Waals surface area contributed by atoms with Crippen LogP contribution in [0.4, 0.5) is 0 Å². The minimum absolute atomic E-state index is 0.0977. The van der Waals surface area contributed by atoms with Crippen LogP contribution in [0.3, 0.4) is 0 Å². The molecule has 1 unspecified atom stereocenters. The van der Waals surface area contributed by atoms with E-state index in [1.807, 2.05) is 13.8 Å². The molecule has 0 saturated carbocycles. The fraction of sp³-hybridized carbons (Fsp3) is 0.286. The van der Waals surface area contributed by atoms with Gasteiger partial charge in [0.05, 0.1) is 0 Å². The number of carboxylic acids is 1. The van der Waals surface area contributed by atoms with Crippen LogP contribution < -0.4 is 10.6 Å². The molecule has 27 heavy (non-hydrogen) atoms. The molecule has 2 aromatic carbocycles. The van der Waals surface area contributed by atoms with Gasteiger partial charge in [-0.3, -0.25) is 9.59 Å². The number of carbonyl (C=O) groups is 3. The fourth-order valence-electron chi connectivity index (χ4n) is 2.70. The van der Waals surface area contributed by atoms with E-state index in [2.05, 4.69) is 10.6 Å². The second-order valence-electron chi connectivity index (χ2n) is 6.71. The van der Waals surface area contributed by atoms with Crippen LogP contribution in [-0.4, -0.2) is 28.9 Å². The van der Waals surface area contributed by atoms with Gasteiger partial charge in [-0.2, -0.15) is 0 Å². The highest BCUT2D eigenvalue weighted by atomic mass is 16.4. The lowest BCUT2D eigenvalue weighted by Gasteiger charge is -2.22. The van der Waals surface area contributed by atoms with Crippen molar-refractivity contribution in [2.45, 2.75) is 32.4 Å². The largest absolute Gasteiger partial charge is 0.480 e. The van der Waals surface area contributed by atoms with Gasteiger partial charge in [0.2, 0.25) is 5.91 Å². The first kappa shape index (κ1) is 20.2. The quantitative estimate of drug-likeness (QED) is 0.668. The summed E-state index contributed by atoms with van der Waals surface area (Å²) in [5, 5.41) is 14.6. The van der Waals surface area contributed by atoms with E-state index in [4.69, 9.17) is 0 Å². The molecule has 0 heterocycles. The molecule has 6 heteroatoms. The van der Waals surface area contributed by atoms with Gasteiger partial charge in [-0.15, -0.1) is 0 Å². The van der Waals surface area contributed by atoms with Crippen LogP contribution in [0.5, 0.6) is 0 Å². The summed E-state index contributed by atoms with van der Waals surface area (Å²) in [6.07, 6.45) is 0.301. The predicted octanol–water partition coefficient (Wildman–Crippen LogP) is 2.77. The van der Waals surface area contributed by atoms with Crippen molar-refractivity contribution in [3.8, 4) is 0 Å². The van der Waals surface area contributed by atoms with Crippen molar-refractivity contribution < 1.29 is 19.5 Å². The second-order valence-corrected chi connectivity index (χ2v) is 6.71. The topological polar surface area (TPSA) is 95.5 Å². The molecule has 0 radical (unpaired) electrons. The van der Waals surface area contributed by atoms with Crippen LogP contribution >= 0.6 is 0 Å². The molecule has 0 bridgehead atoms. The van der Waals surface area contributed by atoms with Crippen LogP contribution in [0.15, 0.2) is 60.7 Å². The summed E-state index contributed by atoms with van der Waals surface area (Å²) in [6.45, 7) is 3.77. The SMILES string of the molecule is CC(C)C[C@@H](NC(=O)C(NC(=O)c1ccccc1)c1ccccc1)C(=O)O. The summed E-state index contributed by atoms with van der Waals surface area (Å²) >= 11 is 0. The summed E-state index contributed by atoms with van der Waals surface area (Å²) in [5.74, 6) is -1.97. The van der Waals surface area contributed by atoms with Gasteiger partial charge in [-0.05, 0) is 30.0 Å². The molecule has 0 aliphatic heterocycles. The highest BCUT2D eigenvalue weighted by Crippen LogP contribution is 2.15. The third kappa shape index (κ3) is 5.95. The van der Waals surface area contributed by atoms with Crippen molar-refractivity contribution in [2.24, 2.45) is 5.92 Å². The van der Waals surface area contributed by atoms with Crippen molar-refractivity contribution in [1.29, 1.82) is 0 Å². The van der Waals surface area contributed by atoms with E-state index in [1.54, 1.807) is 60.7 Å². The number of aliphatic carboxylic acids is 1. The maximum atomic E-state index is 12.8. The van der Waals surface area contributed by atoms with E-state index in [0.717, 1.165) is 0 Å². The molecule has 0 aromatic heterocycles. The summed E-state index contributed by atoms with van der Waals surface area (Å²) < 4.78 is 0. The van der Waals surface area contributed by atoms with E-state index < -0.39 is 29.9 Å². The molecule has 0 fully saturated rings. The van der Waals surface area contributed by atoms with E-state index in [0.29, 0.717) is 17.5 Å². The smallest absolute Gasteiger partial charge is 0.326 e. The van der Waals surface area contributed by atoms with Gasteiger partial charge in [-0.25, -0.2) is 4.79 Å². The van der Waals surface area contributed by atoms with E-state index >= 15 is 0 Å². The standard InChI is InChI=1S/C21H24N2O4/c1-14(2)13-17(21(26)27)22-20(25)18(15-9-5-3-6-10-15)23-19(24)16-11-7-4-8-12-16/h3-12,14,17-18H,13H2,1-2H3,(H,22,25)(H,23,24)(H,26,27)/t17-,18?/m1/s1. The van der Waals surface area contributed by atoms with Crippen LogP contribution in [0.25, 0.3) is 0 Å². The number of amides is 2. The summed E-state index contributed by atoms with van der Waals surface area (Å²) in [4.78, 5) is 36.8. The molecular weight excluding hydrogens is 344 g/mol. The molecule has 6 nitrogen and oxygen atoms in total. The zero-order chi connectivity index (χ0) is 19.8. The van der Waals surface area contributed by atoms with Gasteiger partial charge in [0, 0.05) is 5.56 Å². The lowest BCUT2D eigenvalue weighted by atomic mass is 10.0. The third-order valence-electron chi connectivity index (χ3n) is 4.03. The number of benzene rings is 2. The van der Waals surface area contributed by atoms with Crippen molar-refractivity contribution in [3.05, 3.63) is 71.8 Å². The minimum Gasteiger partial charge on any atom is -0.480 e. The molecule has 2 atom stereocenters. The van der Waals surface area contributed by atoms with E-state index in [1.165, 1.54) is 0 Å². The fourth-order valence-corrected chi connectivity index (χ4v) is 2.70. The van der Waals surface area contributed by atoms with Gasteiger partial charge in [0.1, 0.15) is 12.1 Å². The van der Waals surface area contributed by atoms with Crippen molar-refractivity contribution in [2.75, 3.05) is 0 Å². The predicted molar refractivity (Wildman–Crippen MR) is 102 cm³/mol. The Labute approximate surface area is 158 Å². The van der Waals surface area contributed by atoms with E-state index in [-0.39, 0.29) is 5.92 Å². The Bertz CT molecular complexity index is 775. The van der Waals surface area contributed by atoms with Crippen molar-refractivity contribution in [3.63, 3.8) is 0 Å². The van der Waals surface area contributed by atoms with Crippen LogP contribution in [0.1, 0.15) is 42.2 Å². The Hall–Kier alpha value is -3.15. The minimum atomic E-state index is -1.10. The monoisotopic (exact) mass is 368 g/mol. The Morgan fingerprint density at radius 1 is 0.889 bits per heavy atom. The first-order valence-electron chi connectivity index (χ1n) is 8.82. The maximum Gasteiger partial charge on any atom is 0.326 e. The van der Waals surface area contributed by atoms with Crippen LogP contribution in [0.2, 0.25) is 0 Å². The normalized spacial score (nSPS) is 12.9. The number of hydrogen-bond donors (Lipinski definition) is 3. The van der Waals surface area contributed by atoms with E-state index in [9.17, 15) is 19.5 Å². The summed E-state index contributed by atoms with van der Waals surface area (Å²) in [5.41, 5.74) is 0.996. The van der Waals surface area contributed by atoms with Gasteiger partial charge >= 0.3 is 5.97 Å². The van der Waals surface area contributed by atoms with Crippen molar-refractivity contribution in [1.82, 2.24) is 10.6 Å². The van der Waals surface area contributed by atoms with Crippen LogP contribution in [-0.2, 0) is 9.59 Å². The molecule has 2 amide bonds. The molecule has 142 valence electrons. The molecule has 0 saturated heterocycles. The van der Waals surface area contributed by atoms with Gasteiger partial charge in [0.15, 0.2) is 0 Å². The lowest BCUT2D eigenvalue weighted by molar-refractivity contribution is -0.142. The van der Waals surface area contributed by atoms with Crippen molar-refractivity contribution >= 4 is 17.8 Å². The summed E-state index contributed by atoms with van der Waals surface area (Å²) in [7, 11) is 0. The van der Waals surface area contributed by atoms with Crippen LogP contribution in [0, 0.1) is 5.92 Å². The number of nitrogens with one attached hydrogen (secondary N) is 2. The summed E-state index contributed by atoms with van der Waals surface area (Å²) in [6, 6.07) is 15.3. The number of hydrogen-bond acceptors (Lipinski definition) is 3. The third-order valence-corrected chi connectivity index (χ3v) is 4.03. The van der Waals surface area contributed by atoms with Gasteiger partial charge < -0.3 is 15.7 Å². The Kier molecular flexibility index (Phi) is 7.11. The first-order chi connectivity index (χ1) is 12.9. The molecule has 0 spiro atoms. The molecular formula is C21H24N2O4. The lowest BCUT2D eigenvalue weighted by Crippen LogP contribution is -2.47. The average molecular weight is 368 g/mol. The number of carboxylic acid groups (broad SMARTS) is 1. The second kappa shape index (κ2) is 9.52. The Morgan fingerprint density at radius 2 is 1.44 bits per heavy atom. The Balaban J connectivity index is 2.23. The highest BCUT2D eigenvalue weighted by molar-refractivity contribution is 5.98. The zero-order valence-corrected chi connectivity index (χ0v) is 15.4. The number of carbonyl (C=O) groups excluding carboxylic acids is 2. The van der Waals surface area contributed by atoms with Gasteiger partial charge in [0.25, 0.3) is 5.91 Å². The highest BCUT2D eigenvalue weighted by Gasteiger charge is 2.28. The average Bonchev–Trinajstić information content (AvgIpc) is 2.66. The molecule has 3 N–H and O–H groups in total. The first-order valence-corrected chi connectivity index (χ1v) is 8.82. The maximum absolute atomic E-state index is 12.8. The Morgan fingerprint density at radius 3 is 1.96 bits per heavy atom. The zero-order valence-electron chi connectivity index (χ0n) is 15.4. The number of rotatable bonds is 8. The molecule has 2 aromatic rings. The molecule has 0 aliphatic carbocycles. The molecule has 2 rings (SSSR count).